The van der Waals surface area contributed by atoms with Crippen molar-refractivity contribution >= 4 is 17.4 Å². The zero-order chi connectivity index (χ0) is 20.2. The van der Waals surface area contributed by atoms with E-state index in [1.165, 1.54) is 24.3 Å². The smallest absolute Gasteiger partial charge is 0.255 e. The summed E-state index contributed by atoms with van der Waals surface area (Å²) in [5, 5.41) is 11.6. The molecule has 1 aliphatic rings. The van der Waals surface area contributed by atoms with Crippen molar-refractivity contribution in [2.45, 2.75) is 0 Å². The topological polar surface area (TPSA) is 61.4 Å². The Balaban J connectivity index is 1.47. The molecule has 2 aromatic carbocycles. The van der Waals surface area contributed by atoms with Gasteiger partial charge in [0.15, 0.2) is 5.82 Å². The van der Waals surface area contributed by atoms with Crippen LogP contribution in [0.2, 0.25) is 0 Å². The summed E-state index contributed by atoms with van der Waals surface area (Å²) in [5.74, 6) is 0.211. The number of amides is 1. The van der Waals surface area contributed by atoms with Crippen LogP contribution in [-0.2, 0) is 0 Å². The lowest BCUT2D eigenvalue weighted by Crippen LogP contribution is -2.44. The molecule has 2 heterocycles. The Labute approximate surface area is 169 Å². The van der Waals surface area contributed by atoms with E-state index in [4.69, 9.17) is 0 Å². The number of likely N-dealkylation sites (N-methyl/N-ethyl adjacent to an activating group) is 1. The first-order valence-electron chi connectivity index (χ1n) is 9.53. The summed E-state index contributed by atoms with van der Waals surface area (Å²) in [6.45, 7) is 3.91. The molecule has 1 N–H and O–H groups in total. The molecule has 0 unspecified atom stereocenters. The Kier molecular flexibility index (Phi) is 5.48. The number of hydrogen-bond acceptors (Lipinski definition) is 5. The van der Waals surface area contributed by atoms with Gasteiger partial charge in [-0.1, -0.05) is 12.1 Å². The standard InChI is InChI=1S/C22H22FN5O/c1-27-11-13-28(14-12-27)21-10-9-20(25-26-21)17-3-2-4-19(15-17)24-22(29)16-5-7-18(23)8-6-16/h2-10,15H,11-14H2,1H3,(H,24,29). The second kappa shape index (κ2) is 8.36. The van der Waals surface area contributed by atoms with Gasteiger partial charge in [-0.3, -0.25) is 4.79 Å². The highest BCUT2D eigenvalue weighted by Crippen LogP contribution is 2.22. The molecule has 0 bridgehead atoms. The second-order valence-corrected chi connectivity index (χ2v) is 7.11. The van der Waals surface area contributed by atoms with E-state index in [0.717, 1.165) is 43.3 Å². The summed E-state index contributed by atoms with van der Waals surface area (Å²) in [5.41, 5.74) is 2.63. The molecule has 1 fully saturated rings. The van der Waals surface area contributed by atoms with Crippen LogP contribution in [0.25, 0.3) is 11.3 Å². The van der Waals surface area contributed by atoms with Crippen molar-refractivity contribution in [1.29, 1.82) is 0 Å². The number of carbonyl (C=O) groups excluding carboxylic acids is 1. The van der Waals surface area contributed by atoms with Crippen molar-refractivity contribution in [3.05, 3.63) is 72.0 Å². The van der Waals surface area contributed by atoms with Crippen LogP contribution >= 0.6 is 0 Å². The molecule has 29 heavy (non-hydrogen) atoms. The van der Waals surface area contributed by atoms with E-state index < -0.39 is 0 Å². The number of rotatable bonds is 4. The maximum atomic E-state index is 13.0. The summed E-state index contributed by atoms with van der Waals surface area (Å²) < 4.78 is 13.0. The predicted molar refractivity (Wildman–Crippen MR) is 112 cm³/mol. The summed E-state index contributed by atoms with van der Waals surface area (Å²) in [6, 6.07) is 16.8. The van der Waals surface area contributed by atoms with Crippen molar-refractivity contribution < 1.29 is 9.18 Å². The fourth-order valence-corrected chi connectivity index (χ4v) is 3.24. The van der Waals surface area contributed by atoms with Crippen LogP contribution < -0.4 is 10.2 Å². The largest absolute Gasteiger partial charge is 0.353 e. The van der Waals surface area contributed by atoms with E-state index in [2.05, 4.69) is 32.4 Å². The minimum atomic E-state index is -0.373. The molecule has 1 aromatic heterocycles. The fraction of sp³-hybridized carbons (Fsp3) is 0.227. The van der Waals surface area contributed by atoms with Gasteiger partial charge < -0.3 is 15.1 Å². The van der Waals surface area contributed by atoms with Crippen molar-refractivity contribution in [3.63, 3.8) is 0 Å². The van der Waals surface area contributed by atoms with E-state index in [1.807, 2.05) is 30.3 Å². The monoisotopic (exact) mass is 391 g/mol. The first-order chi connectivity index (χ1) is 14.1. The number of hydrogen-bond donors (Lipinski definition) is 1. The highest BCUT2D eigenvalue weighted by molar-refractivity contribution is 6.04. The zero-order valence-corrected chi connectivity index (χ0v) is 16.2. The Bertz CT molecular complexity index is 983. The normalized spacial score (nSPS) is 14.6. The molecule has 0 atom stereocenters. The molecule has 148 valence electrons. The molecule has 3 aromatic rings. The first-order valence-corrected chi connectivity index (χ1v) is 9.53. The highest BCUT2D eigenvalue weighted by Gasteiger charge is 2.16. The van der Waals surface area contributed by atoms with Crippen LogP contribution in [0.5, 0.6) is 0 Å². The third-order valence-electron chi connectivity index (χ3n) is 5.00. The third-order valence-corrected chi connectivity index (χ3v) is 5.00. The van der Waals surface area contributed by atoms with Gasteiger partial charge in [0.05, 0.1) is 5.69 Å². The van der Waals surface area contributed by atoms with Gasteiger partial charge in [0.1, 0.15) is 5.82 Å². The lowest BCUT2D eigenvalue weighted by molar-refractivity contribution is 0.102. The molecule has 7 heteroatoms. The van der Waals surface area contributed by atoms with Gasteiger partial charge in [0.25, 0.3) is 5.91 Å². The number of anilines is 2. The van der Waals surface area contributed by atoms with Gasteiger partial charge in [0.2, 0.25) is 0 Å². The van der Waals surface area contributed by atoms with Gasteiger partial charge in [-0.2, -0.15) is 0 Å². The molecule has 4 rings (SSSR count). The molecule has 1 aliphatic heterocycles. The molecule has 1 amide bonds. The lowest BCUT2D eigenvalue weighted by atomic mass is 10.1. The number of benzene rings is 2. The number of piperazine rings is 1. The fourth-order valence-electron chi connectivity index (χ4n) is 3.24. The molecule has 0 spiro atoms. The SMILES string of the molecule is CN1CCN(c2ccc(-c3cccc(NC(=O)c4ccc(F)cc4)c3)nn2)CC1. The Hall–Kier alpha value is -3.32. The van der Waals surface area contributed by atoms with Gasteiger partial charge in [-0.05, 0) is 55.6 Å². The average molecular weight is 391 g/mol. The van der Waals surface area contributed by atoms with E-state index in [9.17, 15) is 9.18 Å². The van der Waals surface area contributed by atoms with Crippen molar-refractivity contribution in [1.82, 2.24) is 15.1 Å². The maximum Gasteiger partial charge on any atom is 0.255 e. The number of carbonyl (C=O) groups is 1. The molecule has 0 saturated carbocycles. The van der Waals surface area contributed by atoms with Gasteiger partial charge in [-0.15, -0.1) is 10.2 Å². The van der Waals surface area contributed by atoms with Gasteiger partial charge >= 0.3 is 0 Å². The summed E-state index contributed by atoms with van der Waals surface area (Å²) in [6.07, 6.45) is 0. The van der Waals surface area contributed by atoms with Crippen LogP contribution in [0.4, 0.5) is 15.9 Å². The molecule has 1 saturated heterocycles. The first kappa shape index (κ1) is 19.0. The summed E-state index contributed by atoms with van der Waals surface area (Å²) >= 11 is 0. The quantitative estimate of drug-likeness (QED) is 0.740. The number of nitrogens with one attached hydrogen (secondary N) is 1. The number of aromatic nitrogens is 2. The van der Waals surface area contributed by atoms with Crippen LogP contribution in [0, 0.1) is 5.82 Å². The Morgan fingerprint density at radius 2 is 1.72 bits per heavy atom. The van der Waals surface area contributed by atoms with Crippen molar-refractivity contribution in [2.75, 3.05) is 43.4 Å². The summed E-state index contributed by atoms with van der Waals surface area (Å²) in [4.78, 5) is 16.9. The van der Waals surface area contributed by atoms with Gasteiger partial charge in [-0.25, -0.2) is 4.39 Å². The average Bonchev–Trinajstić information content (AvgIpc) is 2.75. The van der Waals surface area contributed by atoms with E-state index >= 15 is 0 Å². The zero-order valence-electron chi connectivity index (χ0n) is 16.2. The Morgan fingerprint density at radius 3 is 2.41 bits per heavy atom. The highest BCUT2D eigenvalue weighted by atomic mass is 19.1. The predicted octanol–water partition coefficient (Wildman–Crippen LogP) is 3.29. The number of nitrogens with zero attached hydrogens (tertiary/aromatic N) is 4. The third kappa shape index (κ3) is 4.57. The molecule has 6 nitrogen and oxygen atoms in total. The van der Waals surface area contributed by atoms with Crippen molar-refractivity contribution in [2.24, 2.45) is 0 Å². The lowest BCUT2D eigenvalue weighted by Gasteiger charge is -2.32. The van der Waals surface area contributed by atoms with Crippen LogP contribution in [-0.4, -0.2) is 54.2 Å². The van der Waals surface area contributed by atoms with E-state index in [1.54, 1.807) is 6.07 Å². The minimum absolute atomic E-state index is 0.293. The molecule has 0 radical (unpaired) electrons. The number of halogens is 1. The van der Waals surface area contributed by atoms with Crippen molar-refractivity contribution in [3.8, 4) is 11.3 Å². The molecule has 0 aliphatic carbocycles. The van der Waals surface area contributed by atoms with Crippen LogP contribution in [0.1, 0.15) is 10.4 Å². The Morgan fingerprint density at radius 1 is 0.966 bits per heavy atom. The minimum Gasteiger partial charge on any atom is -0.353 e. The molecular weight excluding hydrogens is 369 g/mol. The maximum absolute atomic E-state index is 13.0. The van der Waals surface area contributed by atoms with Crippen LogP contribution in [0.3, 0.4) is 0 Å². The van der Waals surface area contributed by atoms with Crippen LogP contribution in [0.15, 0.2) is 60.7 Å². The summed E-state index contributed by atoms with van der Waals surface area (Å²) in [7, 11) is 2.12. The van der Waals surface area contributed by atoms with E-state index in [0.29, 0.717) is 11.3 Å². The second-order valence-electron chi connectivity index (χ2n) is 7.11. The van der Waals surface area contributed by atoms with E-state index in [-0.39, 0.29) is 11.7 Å². The van der Waals surface area contributed by atoms with Gasteiger partial charge in [0, 0.05) is 43.0 Å². The molecular formula is C22H22FN5O.